The van der Waals surface area contributed by atoms with Crippen LogP contribution in [0, 0.1) is 11.3 Å². The van der Waals surface area contributed by atoms with E-state index in [1.54, 1.807) is 6.20 Å². The summed E-state index contributed by atoms with van der Waals surface area (Å²) >= 11 is 0. The van der Waals surface area contributed by atoms with E-state index >= 15 is 0 Å². The van der Waals surface area contributed by atoms with Gasteiger partial charge in [0, 0.05) is 24.4 Å². The molecule has 3 rings (SSSR count). The van der Waals surface area contributed by atoms with Gasteiger partial charge in [-0.1, -0.05) is 0 Å². The summed E-state index contributed by atoms with van der Waals surface area (Å²) < 4.78 is 5.93. The van der Waals surface area contributed by atoms with Gasteiger partial charge in [-0.05, 0) is 27.9 Å². The van der Waals surface area contributed by atoms with Crippen LogP contribution in [0.25, 0.3) is 0 Å². The minimum absolute atomic E-state index is 0.0473. The van der Waals surface area contributed by atoms with Gasteiger partial charge >= 0.3 is 0 Å². The molecule has 0 aliphatic carbocycles. The zero-order chi connectivity index (χ0) is 16.1. The molecule has 0 radical (unpaired) electrons. The molecule has 2 aliphatic heterocycles. The highest BCUT2D eigenvalue weighted by Gasteiger charge is 2.47. The molecule has 0 spiro atoms. The van der Waals surface area contributed by atoms with Crippen molar-refractivity contribution in [1.29, 1.82) is 5.26 Å². The van der Waals surface area contributed by atoms with Crippen molar-refractivity contribution in [2.24, 2.45) is 0 Å². The Balaban J connectivity index is 1.99. The zero-order valence-corrected chi connectivity index (χ0v) is 13.3. The van der Waals surface area contributed by atoms with E-state index in [0.717, 1.165) is 12.0 Å². The summed E-state index contributed by atoms with van der Waals surface area (Å²) in [5.41, 5.74) is 0.696. The van der Waals surface area contributed by atoms with E-state index in [1.807, 2.05) is 37.7 Å². The molecule has 0 N–H and O–H groups in total. The average Bonchev–Trinajstić information content (AvgIpc) is 2.83. The minimum atomic E-state index is -0.585. The Morgan fingerprint density at radius 3 is 2.86 bits per heavy atom. The van der Waals surface area contributed by atoms with Gasteiger partial charge in [0.05, 0.1) is 18.1 Å². The Hall–Kier alpha value is -2.13. The molecule has 1 saturated heterocycles. The maximum absolute atomic E-state index is 13.0. The van der Waals surface area contributed by atoms with Crippen LogP contribution >= 0.6 is 0 Å². The van der Waals surface area contributed by atoms with Crippen molar-refractivity contribution in [2.45, 2.75) is 38.0 Å². The molecule has 0 saturated carbocycles. The summed E-state index contributed by atoms with van der Waals surface area (Å²) in [5.74, 6) is 0.667. The van der Waals surface area contributed by atoms with E-state index in [1.165, 1.54) is 6.20 Å². The van der Waals surface area contributed by atoms with Gasteiger partial charge in [0.25, 0.3) is 0 Å². The van der Waals surface area contributed by atoms with Gasteiger partial charge in [-0.25, -0.2) is 0 Å². The number of hydrogen-bond acceptors (Lipinski definition) is 5. The fourth-order valence-electron chi connectivity index (χ4n) is 3.02. The van der Waals surface area contributed by atoms with Crippen molar-refractivity contribution < 1.29 is 9.53 Å². The second kappa shape index (κ2) is 4.96. The SMILES string of the molecule is CN(C)C(C)(C)C(=O)N1C[C@@H]2C[C@H]1c1cncc(C#N)c1O2. The molecule has 1 aromatic rings. The molecule has 0 unspecified atom stereocenters. The molecule has 1 fully saturated rings. The van der Waals surface area contributed by atoms with Crippen LogP contribution in [0.2, 0.25) is 0 Å². The quantitative estimate of drug-likeness (QED) is 0.824. The average molecular weight is 300 g/mol. The summed E-state index contributed by atoms with van der Waals surface area (Å²) in [6.07, 6.45) is 3.94. The van der Waals surface area contributed by atoms with E-state index in [2.05, 4.69) is 11.1 Å². The Morgan fingerprint density at radius 1 is 1.50 bits per heavy atom. The normalized spacial score (nSPS) is 23.0. The number of rotatable bonds is 2. The maximum atomic E-state index is 13.0. The first-order valence-corrected chi connectivity index (χ1v) is 7.39. The molecule has 2 atom stereocenters. The van der Waals surface area contributed by atoms with Gasteiger partial charge < -0.3 is 9.64 Å². The standard InChI is InChI=1S/C16H20N4O2/c1-16(2,19(3)4)15(21)20-9-11-5-13(20)12-8-18-7-10(6-17)14(12)22-11/h7-8,11,13H,5,9H2,1-4H3/t11-,13-/m0/s1. The van der Waals surface area contributed by atoms with Gasteiger partial charge in [-0.2, -0.15) is 5.26 Å². The van der Waals surface area contributed by atoms with Crippen LogP contribution in [0.15, 0.2) is 12.4 Å². The lowest BCUT2D eigenvalue weighted by Crippen LogP contribution is -2.53. The van der Waals surface area contributed by atoms with Crippen LogP contribution in [-0.4, -0.2) is 53.0 Å². The molecule has 6 heteroatoms. The van der Waals surface area contributed by atoms with Crippen LogP contribution in [0.4, 0.5) is 0 Å². The molecule has 116 valence electrons. The Bertz CT molecular complexity index is 663. The van der Waals surface area contributed by atoms with E-state index < -0.39 is 5.54 Å². The summed E-state index contributed by atoms with van der Waals surface area (Å²) in [6.45, 7) is 4.40. The van der Waals surface area contributed by atoms with Crippen molar-refractivity contribution >= 4 is 5.91 Å². The molecule has 1 aromatic heterocycles. The number of carbonyl (C=O) groups excluding carboxylic acids is 1. The molecule has 3 heterocycles. The first kappa shape index (κ1) is 14.8. The predicted molar refractivity (Wildman–Crippen MR) is 80.2 cm³/mol. The molecular formula is C16H20N4O2. The number of hydrogen-bond donors (Lipinski definition) is 0. The Labute approximate surface area is 130 Å². The lowest BCUT2D eigenvalue weighted by Gasteiger charge is -2.37. The number of amides is 1. The summed E-state index contributed by atoms with van der Waals surface area (Å²) in [4.78, 5) is 20.9. The van der Waals surface area contributed by atoms with Gasteiger partial charge in [-0.15, -0.1) is 0 Å². The number of likely N-dealkylation sites (N-methyl/N-ethyl adjacent to an activating group) is 1. The fraction of sp³-hybridized carbons (Fsp3) is 0.562. The molecule has 2 bridgehead atoms. The second-order valence-electron chi connectivity index (χ2n) is 6.62. The first-order valence-electron chi connectivity index (χ1n) is 7.39. The van der Waals surface area contributed by atoms with Crippen LogP contribution in [0.1, 0.15) is 37.4 Å². The highest BCUT2D eigenvalue weighted by atomic mass is 16.5. The number of likely N-dealkylation sites (tertiary alicyclic amines) is 1. The third-order valence-corrected chi connectivity index (χ3v) is 4.85. The lowest BCUT2D eigenvalue weighted by atomic mass is 9.97. The van der Waals surface area contributed by atoms with Gasteiger partial charge in [0.2, 0.25) is 5.91 Å². The van der Waals surface area contributed by atoms with Gasteiger partial charge in [0.1, 0.15) is 23.5 Å². The number of pyridine rings is 1. The molecule has 1 amide bonds. The van der Waals surface area contributed by atoms with E-state index in [-0.39, 0.29) is 18.1 Å². The minimum Gasteiger partial charge on any atom is -0.487 e. The number of fused-ring (bicyclic) bond motifs is 4. The molecule has 2 aliphatic rings. The van der Waals surface area contributed by atoms with Crippen LogP contribution in [0.5, 0.6) is 5.75 Å². The second-order valence-corrected chi connectivity index (χ2v) is 6.62. The van der Waals surface area contributed by atoms with Gasteiger partial charge in [-0.3, -0.25) is 14.7 Å². The van der Waals surface area contributed by atoms with E-state index in [9.17, 15) is 10.1 Å². The van der Waals surface area contributed by atoms with Crippen LogP contribution in [0.3, 0.4) is 0 Å². The van der Waals surface area contributed by atoms with Gasteiger partial charge in [0.15, 0.2) is 0 Å². The van der Waals surface area contributed by atoms with E-state index in [4.69, 9.17) is 4.74 Å². The molecule has 6 nitrogen and oxygen atoms in total. The summed E-state index contributed by atoms with van der Waals surface area (Å²) in [5, 5.41) is 9.21. The Kier molecular flexibility index (Phi) is 3.33. The molecule has 22 heavy (non-hydrogen) atoms. The van der Waals surface area contributed by atoms with Crippen molar-refractivity contribution in [3.05, 3.63) is 23.5 Å². The number of aromatic nitrogens is 1. The highest BCUT2D eigenvalue weighted by Crippen LogP contribution is 2.45. The molecule has 0 aromatic carbocycles. The zero-order valence-electron chi connectivity index (χ0n) is 13.3. The predicted octanol–water partition coefficient (Wildman–Crippen LogP) is 1.33. The van der Waals surface area contributed by atoms with Crippen molar-refractivity contribution in [3.63, 3.8) is 0 Å². The lowest BCUT2D eigenvalue weighted by molar-refractivity contribution is -0.142. The Morgan fingerprint density at radius 2 is 2.23 bits per heavy atom. The third-order valence-electron chi connectivity index (χ3n) is 4.85. The van der Waals surface area contributed by atoms with Crippen LogP contribution in [-0.2, 0) is 4.79 Å². The number of ether oxygens (including phenoxy) is 1. The van der Waals surface area contributed by atoms with Crippen molar-refractivity contribution in [1.82, 2.24) is 14.8 Å². The largest absolute Gasteiger partial charge is 0.487 e. The number of nitrogens with zero attached hydrogens (tertiary/aromatic N) is 4. The van der Waals surface area contributed by atoms with Crippen LogP contribution < -0.4 is 4.74 Å². The van der Waals surface area contributed by atoms with E-state index in [0.29, 0.717) is 17.9 Å². The number of nitriles is 1. The van der Waals surface area contributed by atoms with Crippen molar-refractivity contribution in [2.75, 3.05) is 20.6 Å². The van der Waals surface area contributed by atoms with Crippen molar-refractivity contribution in [3.8, 4) is 11.8 Å². The summed E-state index contributed by atoms with van der Waals surface area (Å²) in [6, 6.07) is 2.06. The summed E-state index contributed by atoms with van der Waals surface area (Å²) in [7, 11) is 3.81. The fourth-order valence-corrected chi connectivity index (χ4v) is 3.02. The number of carbonyl (C=O) groups is 1. The first-order chi connectivity index (χ1) is 10.4. The maximum Gasteiger partial charge on any atom is 0.243 e. The molecular weight excluding hydrogens is 280 g/mol. The monoisotopic (exact) mass is 300 g/mol. The smallest absolute Gasteiger partial charge is 0.243 e. The highest BCUT2D eigenvalue weighted by molar-refractivity contribution is 5.86. The third kappa shape index (κ3) is 2.04. The topological polar surface area (TPSA) is 69.5 Å².